The van der Waals surface area contributed by atoms with Crippen LogP contribution in [-0.4, -0.2) is 12.8 Å². The molecular weight excluding hydrogens is 98.1 g/mol. The normalized spacial score (nSPS) is 20.0. The minimum Gasteiger partial charge on any atom is -0.293 e. The number of hydrogen-bond acceptors (Lipinski definition) is 1. The molecule has 0 amide bonds. The van der Waals surface area contributed by atoms with Gasteiger partial charge in [0, 0.05) is 12.8 Å². The van der Waals surface area contributed by atoms with Gasteiger partial charge < -0.3 is 0 Å². The lowest BCUT2D eigenvalue weighted by Crippen LogP contribution is -1.83. The first-order valence-corrected chi connectivity index (χ1v) is 3.15. The third-order valence-electron chi connectivity index (χ3n) is 1.24. The van der Waals surface area contributed by atoms with Crippen molar-refractivity contribution in [1.82, 2.24) is 0 Å². The first-order chi connectivity index (χ1) is 4.00. The van der Waals surface area contributed by atoms with Gasteiger partial charge >= 0.3 is 0 Å². The molecule has 1 heterocycles. The lowest BCUT2D eigenvalue weighted by atomic mass is 10.2. The van der Waals surface area contributed by atoms with Crippen LogP contribution in [0.4, 0.5) is 0 Å². The van der Waals surface area contributed by atoms with E-state index < -0.39 is 0 Å². The Balaban J connectivity index is 2.33. The molecule has 0 atom stereocenters. The highest BCUT2D eigenvalue weighted by Gasteiger charge is 1.84. The van der Waals surface area contributed by atoms with E-state index in [0.29, 0.717) is 0 Å². The maximum absolute atomic E-state index is 4.12. The molecule has 0 radical (unpaired) electrons. The number of allylic oxidation sites excluding steroid dienone is 2. The van der Waals surface area contributed by atoms with E-state index in [1.807, 2.05) is 12.3 Å². The predicted octanol–water partition coefficient (Wildman–Crippen LogP) is 1.80. The molecule has 8 heavy (non-hydrogen) atoms. The molecule has 0 N–H and O–H groups in total. The van der Waals surface area contributed by atoms with Gasteiger partial charge in [-0.15, -0.1) is 0 Å². The van der Waals surface area contributed by atoms with Crippen LogP contribution in [0.3, 0.4) is 0 Å². The Morgan fingerprint density at radius 1 is 1.25 bits per heavy atom. The first-order valence-electron chi connectivity index (χ1n) is 3.15. The van der Waals surface area contributed by atoms with Crippen molar-refractivity contribution < 1.29 is 0 Å². The lowest BCUT2D eigenvalue weighted by molar-refractivity contribution is 0.757. The Morgan fingerprint density at radius 2 is 2.25 bits per heavy atom. The van der Waals surface area contributed by atoms with E-state index in [2.05, 4.69) is 11.1 Å². The minimum absolute atomic E-state index is 1.02. The van der Waals surface area contributed by atoms with Crippen LogP contribution in [0, 0.1) is 0 Å². The Labute approximate surface area is 50.1 Å². The van der Waals surface area contributed by atoms with Gasteiger partial charge in [0.15, 0.2) is 0 Å². The van der Waals surface area contributed by atoms with Crippen LogP contribution in [0.5, 0.6) is 0 Å². The van der Waals surface area contributed by atoms with Crippen molar-refractivity contribution >= 4 is 6.21 Å². The minimum atomic E-state index is 1.02. The third-order valence-corrected chi connectivity index (χ3v) is 1.24. The van der Waals surface area contributed by atoms with Gasteiger partial charge in [-0.25, -0.2) is 0 Å². The summed E-state index contributed by atoms with van der Waals surface area (Å²) in [7, 11) is 0. The number of nitrogens with zero attached hydrogens (tertiary/aromatic N) is 1. The van der Waals surface area contributed by atoms with Crippen molar-refractivity contribution in [1.29, 1.82) is 0 Å². The SMILES string of the molecule is C1=CCCCCN=C1. The van der Waals surface area contributed by atoms with Gasteiger partial charge in [-0.1, -0.05) is 6.08 Å². The smallest absolute Gasteiger partial charge is 0.0389 e. The topological polar surface area (TPSA) is 12.4 Å². The molecule has 0 saturated heterocycles. The Bertz CT molecular complexity index is 89.0. The average Bonchev–Trinajstić information content (AvgIpc) is 1.62. The van der Waals surface area contributed by atoms with Crippen LogP contribution in [0.25, 0.3) is 0 Å². The highest BCUT2D eigenvalue weighted by molar-refractivity contribution is 5.70. The highest BCUT2D eigenvalue weighted by Crippen LogP contribution is 1.98. The van der Waals surface area contributed by atoms with Gasteiger partial charge in [0.1, 0.15) is 0 Å². The Morgan fingerprint density at radius 3 is 3.25 bits per heavy atom. The summed E-state index contributed by atoms with van der Waals surface area (Å²) in [6.45, 7) is 1.02. The molecule has 1 nitrogen and oxygen atoms in total. The summed E-state index contributed by atoms with van der Waals surface area (Å²) in [6.07, 6.45) is 9.86. The molecule has 1 heteroatoms. The third kappa shape index (κ3) is 1.92. The average molecular weight is 109 g/mol. The molecule has 1 rings (SSSR count). The zero-order valence-electron chi connectivity index (χ0n) is 5.01. The van der Waals surface area contributed by atoms with E-state index in [-0.39, 0.29) is 0 Å². The van der Waals surface area contributed by atoms with Gasteiger partial charge in [-0.3, -0.25) is 4.99 Å². The van der Waals surface area contributed by atoms with Crippen LogP contribution in [-0.2, 0) is 0 Å². The number of rotatable bonds is 0. The Hall–Kier alpha value is -0.590. The fraction of sp³-hybridized carbons (Fsp3) is 0.571. The van der Waals surface area contributed by atoms with Crippen LogP contribution in [0.1, 0.15) is 19.3 Å². The summed E-state index contributed by atoms with van der Waals surface area (Å²) in [5.41, 5.74) is 0. The van der Waals surface area contributed by atoms with Crippen LogP contribution < -0.4 is 0 Å². The maximum atomic E-state index is 4.12. The first kappa shape index (κ1) is 5.54. The summed E-state index contributed by atoms with van der Waals surface area (Å²) in [4.78, 5) is 4.12. The van der Waals surface area contributed by atoms with Crippen molar-refractivity contribution in [3.63, 3.8) is 0 Å². The molecule has 0 unspecified atom stereocenters. The van der Waals surface area contributed by atoms with Gasteiger partial charge in [0.05, 0.1) is 0 Å². The number of hydrogen-bond donors (Lipinski definition) is 0. The summed E-state index contributed by atoms with van der Waals surface area (Å²) in [6, 6.07) is 0. The molecule has 0 spiro atoms. The second-order valence-corrected chi connectivity index (χ2v) is 1.98. The quantitative estimate of drug-likeness (QED) is 0.449. The van der Waals surface area contributed by atoms with E-state index >= 15 is 0 Å². The molecule has 0 aliphatic carbocycles. The van der Waals surface area contributed by atoms with E-state index in [9.17, 15) is 0 Å². The zero-order valence-corrected chi connectivity index (χ0v) is 5.01. The number of aliphatic imine (C=N–C) groups is 1. The highest BCUT2D eigenvalue weighted by atomic mass is 14.7. The van der Waals surface area contributed by atoms with E-state index in [4.69, 9.17) is 0 Å². The monoisotopic (exact) mass is 109 g/mol. The summed E-state index contributed by atoms with van der Waals surface area (Å²) in [5.74, 6) is 0. The van der Waals surface area contributed by atoms with Crippen molar-refractivity contribution in [3.8, 4) is 0 Å². The molecule has 0 saturated carbocycles. The van der Waals surface area contributed by atoms with E-state index in [1.165, 1.54) is 19.3 Å². The van der Waals surface area contributed by atoms with Crippen molar-refractivity contribution in [2.45, 2.75) is 19.3 Å². The summed E-state index contributed by atoms with van der Waals surface area (Å²) < 4.78 is 0. The van der Waals surface area contributed by atoms with Crippen molar-refractivity contribution in [3.05, 3.63) is 12.2 Å². The molecule has 0 bridgehead atoms. The van der Waals surface area contributed by atoms with Gasteiger partial charge in [0.2, 0.25) is 0 Å². The molecule has 0 aromatic carbocycles. The van der Waals surface area contributed by atoms with E-state index in [0.717, 1.165) is 6.54 Å². The molecule has 44 valence electrons. The summed E-state index contributed by atoms with van der Waals surface area (Å²) in [5, 5.41) is 0. The van der Waals surface area contributed by atoms with Crippen molar-refractivity contribution in [2.24, 2.45) is 4.99 Å². The fourth-order valence-electron chi connectivity index (χ4n) is 0.758. The molecule has 1 aliphatic heterocycles. The van der Waals surface area contributed by atoms with Crippen LogP contribution >= 0.6 is 0 Å². The van der Waals surface area contributed by atoms with Crippen LogP contribution in [0.15, 0.2) is 17.1 Å². The Kier molecular flexibility index (Phi) is 2.37. The predicted molar refractivity (Wildman–Crippen MR) is 36.4 cm³/mol. The zero-order chi connectivity index (χ0) is 5.66. The molecule has 0 aromatic rings. The standard InChI is InChI=1S/C7H11N/c1-2-4-6-8-7-5-3-1/h2,4,6H,1,3,5,7H2. The molecule has 0 fully saturated rings. The van der Waals surface area contributed by atoms with Gasteiger partial charge in [-0.05, 0) is 25.3 Å². The maximum Gasteiger partial charge on any atom is 0.0389 e. The summed E-state index contributed by atoms with van der Waals surface area (Å²) >= 11 is 0. The fourth-order valence-corrected chi connectivity index (χ4v) is 0.758. The second-order valence-electron chi connectivity index (χ2n) is 1.98. The van der Waals surface area contributed by atoms with Crippen LogP contribution in [0.2, 0.25) is 0 Å². The largest absolute Gasteiger partial charge is 0.293 e. The lowest BCUT2D eigenvalue weighted by Gasteiger charge is -1.94. The van der Waals surface area contributed by atoms with Gasteiger partial charge in [-0.2, -0.15) is 0 Å². The van der Waals surface area contributed by atoms with E-state index in [1.54, 1.807) is 0 Å². The molecule has 1 aliphatic rings. The van der Waals surface area contributed by atoms with Gasteiger partial charge in [0.25, 0.3) is 0 Å². The molecular formula is C7H11N. The second kappa shape index (κ2) is 3.42. The molecule has 0 aromatic heterocycles. The van der Waals surface area contributed by atoms with Crippen molar-refractivity contribution in [2.75, 3.05) is 6.54 Å².